The third kappa shape index (κ3) is 4.61. The molecule has 2 unspecified atom stereocenters. The molecular weight excluding hydrogens is 268 g/mol. The molecule has 0 heterocycles. The smallest absolute Gasteiger partial charge is 0.315 e. The summed E-state index contributed by atoms with van der Waals surface area (Å²) in [7, 11) is 0. The van der Waals surface area contributed by atoms with Gasteiger partial charge < -0.3 is 15.7 Å². The van der Waals surface area contributed by atoms with Gasteiger partial charge >= 0.3 is 12.0 Å². The first kappa shape index (κ1) is 16.1. The maximum absolute atomic E-state index is 12.3. The zero-order chi connectivity index (χ0) is 15.3. The van der Waals surface area contributed by atoms with Gasteiger partial charge in [0.25, 0.3) is 0 Å². The summed E-state index contributed by atoms with van der Waals surface area (Å²) in [6, 6.07) is 0.0349. The average molecular weight is 296 g/mol. The highest BCUT2D eigenvalue weighted by Crippen LogP contribution is 2.32. The van der Waals surface area contributed by atoms with Crippen molar-refractivity contribution in [1.29, 1.82) is 0 Å². The molecule has 3 N–H and O–H groups in total. The van der Waals surface area contributed by atoms with Crippen molar-refractivity contribution in [2.24, 2.45) is 5.92 Å². The van der Waals surface area contributed by atoms with Gasteiger partial charge in [0.05, 0.1) is 12.0 Å². The zero-order valence-corrected chi connectivity index (χ0v) is 13.0. The van der Waals surface area contributed by atoms with Crippen molar-refractivity contribution in [3.8, 4) is 0 Å². The Labute approximate surface area is 126 Å². The SMILES string of the molecule is CC1CCCCCC1NC(=O)NC1(CC(=O)O)CCCC1. The lowest BCUT2D eigenvalue weighted by molar-refractivity contribution is -0.138. The van der Waals surface area contributed by atoms with E-state index in [1.165, 1.54) is 12.8 Å². The first-order chi connectivity index (χ1) is 10.0. The predicted molar refractivity (Wildman–Crippen MR) is 81.2 cm³/mol. The Bertz CT molecular complexity index is 378. The van der Waals surface area contributed by atoms with Crippen LogP contribution in [0.5, 0.6) is 0 Å². The van der Waals surface area contributed by atoms with Crippen LogP contribution in [-0.4, -0.2) is 28.7 Å². The van der Waals surface area contributed by atoms with E-state index in [9.17, 15) is 9.59 Å². The highest BCUT2D eigenvalue weighted by atomic mass is 16.4. The molecule has 0 aromatic heterocycles. The highest BCUT2D eigenvalue weighted by Gasteiger charge is 2.38. The van der Waals surface area contributed by atoms with E-state index >= 15 is 0 Å². The molecule has 21 heavy (non-hydrogen) atoms. The van der Waals surface area contributed by atoms with E-state index in [2.05, 4.69) is 17.6 Å². The molecule has 2 amide bonds. The number of hydrogen-bond acceptors (Lipinski definition) is 2. The van der Waals surface area contributed by atoms with Gasteiger partial charge in [-0.05, 0) is 31.6 Å². The van der Waals surface area contributed by atoms with Gasteiger partial charge in [-0.25, -0.2) is 4.79 Å². The number of carbonyl (C=O) groups is 2. The van der Waals surface area contributed by atoms with Gasteiger partial charge in [0.2, 0.25) is 0 Å². The van der Waals surface area contributed by atoms with Crippen molar-refractivity contribution < 1.29 is 14.7 Å². The molecule has 5 heteroatoms. The van der Waals surface area contributed by atoms with E-state index in [1.54, 1.807) is 0 Å². The van der Waals surface area contributed by atoms with Gasteiger partial charge in [-0.2, -0.15) is 0 Å². The van der Waals surface area contributed by atoms with Crippen molar-refractivity contribution in [3.63, 3.8) is 0 Å². The number of aliphatic carboxylic acids is 1. The highest BCUT2D eigenvalue weighted by molar-refractivity contribution is 5.77. The minimum absolute atomic E-state index is 0.0284. The van der Waals surface area contributed by atoms with Crippen LogP contribution in [0.15, 0.2) is 0 Å². The van der Waals surface area contributed by atoms with Crippen molar-refractivity contribution >= 4 is 12.0 Å². The maximum Gasteiger partial charge on any atom is 0.315 e. The third-order valence-corrected chi connectivity index (χ3v) is 5.11. The number of hydrogen-bond donors (Lipinski definition) is 3. The second-order valence-electron chi connectivity index (χ2n) is 6.88. The van der Waals surface area contributed by atoms with E-state index in [0.29, 0.717) is 5.92 Å². The van der Waals surface area contributed by atoms with Gasteiger partial charge in [0.1, 0.15) is 0 Å². The lowest BCUT2D eigenvalue weighted by Gasteiger charge is -2.31. The molecule has 2 aliphatic rings. The maximum atomic E-state index is 12.3. The Balaban J connectivity index is 1.91. The van der Waals surface area contributed by atoms with Crippen LogP contribution in [0.3, 0.4) is 0 Å². The Morgan fingerprint density at radius 1 is 1.10 bits per heavy atom. The molecule has 2 rings (SSSR count). The Morgan fingerprint density at radius 3 is 2.43 bits per heavy atom. The predicted octanol–water partition coefficient (Wildman–Crippen LogP) is 3.04. The van der Waals surface area contributed by atoms with Crippen LogP contribution in [0.2, 0.25) is 0 Å². The Kier molecular flexibility index (Phi) is 5.48. The summed E-state index contributed by atoms with van der Waals surface area (Å²) >= 11 is 0. The van der Waals surface area contributed by atoms with E-state index in [4.69, 9.17) is 5.11 Å². The number of carboxylic acid groups (broad SMARTS) is 1. The molecule has 2 aliphatic carbocycles. The number of amides is 2. The molecule has 120 valence electrons. The summed E-state index contributed by atoms with van der Waals surface area (Å²) in [5.41, 5.74) is -0.538. The van der Waals surface area contributed by atoms with Crippen LogP contribution in [0.4, 0.5) is 4.79 Å². The van der Waals surface area contributed by atoms with Crippen molar-refractivity contribution in [2.75, 3.05) is 0 Å². The van der Waals surface area contributed by atoms with Crippen molar-refractivity contribution in [3.05, 3.63) is 0 Å². The van der Waals surface area contributed by atoms with Crippen molar-refractivity contribution in [2.45, 2.75) is 82.7 Å². The fraction of sp³-hybridized carbons (Fsp3) is 0.875. The molecule has 0 spiro atoms. The summed E-state index contributed by atoms with van der Waals surface area (Å²) in [6.07, 6.45) is 9.39. The molecular formula is C16H28N2O3. The van der Waals surface area contributed by atoms with Gasteiger partial charge in [-0.1, -0.05) is 39.0 Å². The van der Waals surface area contributed by atoms with E-state index in [1.807, 2.05) is 0 Å². The molecule has 2 saturated carbocycles. The number of urea groups is 1. The topological polar surface area (TPSA) is 78.4 Å². The van der Waals surface area contributed by atoms with Gasteiger partial charge in [-0.3, -0.25) is 4.79 Å². The number of nitrogens with one attached hydrogen (secondary N) is 2. The zero-order valence-electron chi connectivity index (χ0n) is 13.0. The van der Waals surface area contributed by atoms with Gasteiger partial charge in [-0.15, -0.1) is 0 Å². The van der Waals surface area contributed by atoms with Crippen LogP contribution in [0.1, 0.15) is 71.1 Å². The van der Waals surface area contributed by atoms with Gasteiger partial charge in [0.15, 0.2) is 0 Å². The number of rotatable bonds is 4. The van der Waals surface area contributed by atoms with E-state index in [0.717, 1.165) is 44.9 Å². The monoisotopic (exact) mass is 296 g/mol. The van der Waals surface area contributed by atoms with Crippen LogP contribution >= 0.6 is 0 Å². The molecule has 0 aromatic rings. The van der Waals surface area contributed by atoms with E-state index in [-0.39, 0.29) is 18.5 Å². The van der Waals surface area contributed by atoms with Crippen molar-refractivity contribution in [1.82, 2.24) is 10.6 Å². The second kappa shape index (κ2) is 7.14. The molecule has 0 radical (unpaired) electrons. The summed E-state index contributed by atoms with van der Waals surface area (Å²) in [6.45, 7) is 2.19. The molecule has 0 aliphatic heterocycles. The molecule has 5 nitrogen and oxygen atoms in total. The van der Waals surface area contributed by atoms with Crippen LogP contribution in [-0.2, 0) is 4.79 Å². The number of carboxylic acids is 1. The Hall–Kier alpha value is -1.26. The summed E-state index contributed by atoms with van der Waals surface area (Å²) in [5.74, 6) is -0.336. The van der Waals surface area contributed by atoms with Crippen LogP contribution < -0.4 is 10.6 Å². The fourth-order valence-electron chi connectivity index (χ4n) is 3.84. The standard InChI is InChI=1S/C16H28N2O3/c1-12-7-3-2-4-8-13(12)17-15(21)18-16(11-14(19)20)9-5-6-10-16/h12-13H,2-11H2,1H3,(H,19,20)(H2,17,18,21). The normalized spacial score (nSPS) is 28.6. The summed E-state index contributed by atoms with van der Waals surface area (Å²) in [4.78, 5) is 23.4. The molecule has 0 aromatic carbocycles. The quantitative estimate of drug-likeness (QED) is 0.698. The second-order valence-corrected chi connectivity index (χ2v) is 6.88. The lowest BCUT2D eigenvalue weighted by atomic mass is 9.93. The first-order valence-corrected chi connectivity index (χ1v) is 8.31. The number of carbonyl (C=O) groups excluding carboxylic acids is 1. The van der Waals surface area contributed by atoms with Crippen LogP contribution in [0, 0.1) is 5.92 Å². The Morgan fingerprint density at radius 2 is 1.76 bits per heavy atom. The minimum Gasteiger partial charge on any atom is -0.481 e. The lowest BCUT2D eigenvalue weighted by Crippen LogP contribution is -2.54. The summed E-state index contributed by atoms with van der Waals surface area (Å²) in [5, 5.41) is 15.2. The molecule has 0 bridgehead atoms. The first-order valence-electron chi connectivity index (χ1n) is 8.31. The fourth-order valence-corrected chi connectivity index (χ4v) is 3.84. The molecule has 2 atom stereocenters. The van der Waals surface area contributed by atoms with Gasteiger partial charge in [0, 0.05) is 6.04 Å². The minimum atomic E-state index is -0.833. The van der Waals surface area contributed by atoms with Crippen LogP contribution in [0.25, 0.3) is 0 Å². The third-order valence-electron chi connectivity index (χ3n) is 5.11. The molecule has 0 saturated heterocycles. The van der Waals surface area contributed by atoms with E-state index < -0.39 is 11.5 Å². The molecule has 2 fully saturated rings. The summed E-state index contributed by atoms with van der Waals surface area (Å²) < 4.78 is 0. The largest absolute Gasteiger partial charge is 0.481 e. The average Bonchev–Trinajstić information content (AvgIpc) is 2.74.